The second-order valence-electron chi connectivity index (χ2n) is 6.59. The topological polar surface area (TPSA) is 75.2 Å². The number of pyridine rings is 2. The quantitative estimate of drug-likeness (QED) is 0.455. The van der Waals surface area contributed by atoms with Crippen molar-refractivity contribution in [1.82, 2.24) is 14.6 Å². The van der Waals surface area contributed by atoms with Crippen LogP contribution >= 0.6 is 0 Å². The minimum Gasteiger partial charge on any atom is -0.432 e. The predicted octanol–water partition coefficient (Wildman–Crippen LogP) is 5.31. The monoisotopic (exact) mass is 423 g/mol. The molecule has 31 heavy (non-hydrogen) atoms. The molecule has 3 heterocycles. The molecule has 0 bridgehead atoms. The maximum atomic E-state index is 14.1. The van der Waals surface area contributed by atoms with Crippen molar-refractivity contribution in [3.63, 3.8) is 0 Å². The van der Waals surface area contributed by atoms with Gasteiger partial charge < -0.3 is 10.1 Å². The molecule has 0 fully saturated rings. The lowest BCUT2D eigenvalue weighted by Gasteiger charge is -2.11. The van der Waals surface area contributed by atoms with Gasteiger partial charge in [0.15, 0.2) is 11.6 Å². The molecule has 156 valence electrons. The molecule has 4 rings (SSSR count). The summed E-state index contributed by atoms with van der Waals surface area (Å²) in [5, 5.41) is 17.0. The van der Waals surface area contributed by atoms with Crippen LogP contribution in [0.15, 0.2) is 54.7 Å². The molecule has 4 aromatic rings. The Bertz CT molecular complexity index is 1300. The Hall–Kier alpha value is -4.06. The molecule has 9 heteroatoms. The average molecular weight is 423 g/mol. The lowest BCUT2D eigenvalue weighted by Crippen LogP contribution is -2.04. The lowest BCUT2D eigenvalue weighted by molar-refractivity contribution is -0.0521. The van der Waals surface area contributed by atoms with Gasteiger partial charge in [-0.2, -0.15) is 19.1 Å². The molecule has 0 unspecified atom stereocenters. The van der Waals surface area contributed by atoms with Gasteiger partial charge in [0, 0.05) is 23.5 Å². The molecule has 6 nitrogen and oxygen atoms in total. The van der Waals surface area contributed by atoms with Gasteiger partial charge in [-0.15, -0.1) is 0 Å². The van der Waals surface area contributed by atoms with E-state index in [1.54, 1.807) is 10.6 Å². The van der Waals surface area contributed by atoms with Crippen molar-refractivity contribution in [1.29, 1.82) is 5.26 Å². The van der Waals surface area contributed by atoms with Crippen LogP contribution < -0.4 is 10.1 Å². The number of hydrogen-bond donors (Lipinski definition) is 1. The number of nitrogens with one attached hydrogen (secondary N) is 1. The number of hydrogen-bond acceptors (Lipinski definition) is 5. The molecule has 0 spiro atoms. The number of halogens is 3. The maximum Gasteiger partial charge on any atom is 0.387 e. The van der Waals surface area contributed by atoms with Crippen molar-refractivity contribution in [2.24, 2.45) is 0 Å². The lowest BCUT2D eigenvalue weighted by atomic mass is 10.1. The van der Waals surface area contributed by atoms with Gasteiger partial charge in [0.25, 0.3) is 0 Å². The van der Waals surface area contributed by atoms with Crippen LogP contribution in [-0.2, 0) is 6.42 Å². The first-order valence-electron chi connectivity index (χ1n) is 9.38. The predicted molar refractivity (Wildman–Crippen MR) is 109 cm³/mol. The van der Waals surface area contributed by atoms with Crippen LogP contribution in [0.25, 0.3) is 16.8 Å². The Labute approximate surface area is 175 Å². The van der Waals surface area contributed by atoms with Gasteiger partial charge in [0.2, 0.25) is 0 Å². The van der Waals surface area contributed by atoms with Crippen molar-refractivity contribution >= 4 is 17.0 Å². The second-order valence-corrected chi connectivity index (χ2v) is 6.59. The van der Waals surface area contributed by atoms with Crippen molar-refractivity contribution in [2.45, 2.75) is 20.0 Å². The first-order valence-corrected chi connectivity index (χ1v) is 9.38. The van der Waals surface area contributed by atoms with Gasteiger partial charge in [-0.05, 0) is 42.8 Å². The molecule has 0 saturated heterocycles. The standard InChI is InChI=1S/C22H16F3N5O/c1-2-16-21(18-5-3-4-8-30(18)29-16)17-9-13(12-26)10-20(28-17)27-14-6-7-19(15(23)11-14)31-22(24)25/h3-11,22H,2H2,1H3,(H,27,28). The molecule has 1 N–H and O–H groups in total. The van der Waals surface area contributed by atoms with Crippen LogP contribution in [0.4, 0.5) is 24.7 Å². The highest BCUT2D eigenvalue weighted by atomic mass is 19.3. The van der Waals surface area contributed by atoms with Crippen molar-refractivity contribution < 1.29 is 17.9 Å². The SMILES string of the molecule is CCc1nn2ccccc2c1-c1cc(C#N)cc(Nc2ccc(OC(F)F)c(F)c2)n1. The number of anilines is 2. The van der Waals surface area contributed by atoms with E-state index in [1.807, 2.05) is 31.3 Å². The van der Waals surface area contributed by atoms with Crippen LogP contribution in [-0.4, -0.2) is 21.2 Å². The summed E-state index contributed by atoms with van der Waals surface area (Å²) in [6, 6.07) is 14.4. The molecule has 0 aliphatic heterocycles. The first kappa shape index (κ1) is 20.2. The van der Waals surface area contributed by atoms with Gasteiger partial charge in [-0.25, -0.2) is 13.9 Å². The third-order valence-corrected chi connectivity index (χ3v) is 4.58. The Balaban J connectivity index is 1.75. The Morgan fingerprint density at radius 2 is 2.03 bits per heavy atom. The normalized spacial score (nSPS) is 11.0. The van der Waals surface area contributed by atoms with Crippen LogP contribution in [0.5, 0.6) is 5.75 Å². The third-order valence-electron chi connectivity index (χ3n) is 4.58. The van der Waals surface area contributed by atoms with E-state index in [-0.39, 0.29) is 5.69 Å². The Kier molecular flexibility index (Phi) is 5.45. The number of aromatic nitrogens is 3. The maximum absolute atomic E-state index is 14.1. The summed E-state index contributed by atoms with van der Waals surface area (Å²) in [4.78, 5) is 4.59. The van der Waals surface area contributed by atoms with Crippen LogP contribution in [0.1, 0.15) is 18.2 Å². The summed E-state index contributed by atoms with van der Waals surface area (Å²) in [6.45, 7) is -1.15. The average Bonchev–Trinajstić information content (AvgIpc) is 3.14. The number of benzene rings is 1. The second kappa shape index (κ2) is 8.36. The molecule has 0 saturated carbocycles. The molecule has 0 aliphatic carbocycles. The number of nitrogens with zero attached hydrogens (tertiary/aromatic N) is 4. The number of aryl methyl sites for hydroxylation is 1. The summed E-state index contributed by atoms with van der Waals surface area (Å²) in [7, 11) is 0. The number of alkyl halides is 2. The van der Waals surface area contributed by atoms with E-state index >= 15 is 0 Å². The van der Waals surface area contributed by atoms with Gasteiger partial charge in [-0.3, -0.25) is 0 Å². The van der Waals surface area contributed by atoms with Gasteiger partial charge in [0.05, 0.1) is 28.5 Å². The van der Waals surface area contributed by atoms with E-state index in [1.165, 1.54) is 12.1 Å². The van der Waals surface area contributed by atoms with Crippen molar-refractivity contribution in [2.75, 3.05) is 5.32 Å². The van der Waals surface area contributed by atoms with E-state index in [9.17, 15) is 18.4 Å². The summed E-state index contributed by atoms with van der Waals surface area (Å²) in [6.07, 6.45) is 2.49. The van der Waals surface area contributed by atoms with Crippen molar-refractivity contribution in [3.8, 4) is 23.1 Å². The minimum absolute atomic E-state index is 0.267. The zero-order valence-electron chi connectivity index (χ0n) is 16.3. The molecule has 3 aromatic heterocycles. The van der Waals surface area contributed by atoms with Crippen LogP contribution in [0, 0.1) is 17.1 Å². The Morgan fingerprint density at radius 3 is 2.74 bits per heavy atom. The van der Waals surface area contributed by atoms with Crippen LogP contribution in [0.3, 0.4) is 0 Å². The van der Waals surface area contributed by atoms with E-state index in [0.29, 0.717) is 23.5 Å². The summed E-state index contributed by atoms with van der Waals surface area (Å²) >= 11 is 0. The number of nitriles is 1. The first-order chi connectivity index (χ1) is 15.0. The smallest absolute Gasteiger partial charge is 0.387 e. The highest BCUT2D eigenvalue weighted by molar-refractivity contribution is 5.82. The van der Waals surface area contributed by atoms with Crippen LogP contribution in [0.2, 0.25) is 0 Å². The largest absolute Gasteiger partial charge is 0.432 e. The van der Waals surface area contributed by atoms with E-state index in [4.69, 9.17) is 0 Å². The van der Waals surface area contributed by atoms with Gasteiger partial charge >= 0.3 is 6.61 Å². The number of rotatable bonds is 6. The van der Waals surface area contributed by atoms with E-state index in [2.05, 4.69) is 26.2 Å². The molecule has 0 aliphatic rings. The molecule has 0 amide bonds. The van der Waals surface area contributed by atoms with E-state index in [0.717, 1.165) is 28.9 Å². The van der Waals surface area contributed by atoms with E-state index < -0.39 is 18.2 Å². The van der Waals surface area contributed by atoms with Crippen molar-refractivity contribution in [3.05, 3.63) is 71.8 Å². The Morgan fingerprint density at radius 1 is 1.19 bits per heavy atom. The molecule has 0 radical (unpaired) electrons. The summed E-state index contributed by atoms with van der Waals surface area (Å²) in [5.41, 5.74) is 3.62. The third kappa shape index (κ3) is 4.14. The minimum atomic E-state index is -3.12. The zero-order chi connectivity index (χ0) is 22.0. The highest BCUT2D eigenvalue weighted by Crippen LogP contribution is 2.31. The molecular formula is C22H16F3N5O. The van der Waals surface area contributed by atoms with Gasteiger partial charge in [0.1, 0.15) is 5.82 Å². The number of fused-ring (bicyclic) bond motifs is 1. The summed E-state index contributed by atoms with van der Waals surface area (Å²) in [5.74, 6) is -1.20. The molecular weight excluding hydrogens is 407 g/mol. The summed E-state index contributed by atoms with van der Waals surface area (Å²) < 4.78 is 44.6. The molecule has 1 aromatic carbocycles. The highest BCUT2D eigenvalue weighted by Gasteiger charge is 2.17. The number of ether oxygens (including phenoxy) is 1. The van der Waals surface area contributed by atoms with Gasteiger partial charge in [-0.1, -0.05) is 13.0 Å². The fourth-order valence-electron chi connectivity index (χ4n) is 3.28. The molecule has 0 atom stereocenters. The fraction of sp³-hybridized carbons (Fsp3) is 0.136. The zero-order valence-corrected chi connectivity index (χ0v) is 16.3. The fourth-order valence-corrected chi connectivity index (χ4v) is 3.28.